The lowest BCUT2D eigenvalue weighted by atomic mass is 10.1. The van der Waals surface area contributed by atoms with E-state index in [1.807, 2.05) is 0 Å². The third kappa shape index (κ3) is 1.47. The second-order valence-electron chi connectivity index (χ2n) is 3.36. The van der Waals surface area contributed by atoms with Crippen LogP contribution in [0.2, 0.25) is 0 Å². The van der Waals surface area contributed by atoms with Gasteiger partial charge in [0.05, 0.1) is 13.4 Å². The molecule has 9 heavy (non-hydrogen) atoms. The van der Waals surface area contributed by atoms with Crippen LogP contribution in [-0.2, 0) is 4.74 Å². The Balaban J connectivity index is 2.27. The number of rotatable bonds is 2. The van der Waals surface area contributed by atoms with Gasteiger partial charge in [-0.25, -0.2) is 0 Å². The van der Waals surface area contributed by atoms with Crippen molar-refractivity contribution in [3.8, 4) is 0 Å². The fourth-order valence-corrected chi connectivity index (χ4v) is 1.01. The van der Waals surface area contributed by atoms with Crippen LogP contribution >= 0.6 is 0 Å². The molecule has 1 nitrogen and oxygen atoms in total. The van der Waals surface area contributed by atoms with Crippen molar-refractivity contribution in [2.75, 3.05) is 7.11 Å². The lowest BCUT2D eigenvalue weighted by Crippen LogP contribution is -1.85. The topological polar surface area (TPSA) is 9.23 Å². The van der Waals surface area contributed by atoms with Crippen molar-refractivity contribution in [3.63, 3.8) is 0 Å². The minimum atomic E-state index is 0.551. The highest BCUT2D eigenvalue weighted by molar-refractivity contribution is 5.05. The van der Waals surface area contributed by atoms with Gasteiger partial charge in [0.1, 0.15) is 0 Å². The summed E-state index contributed by atoms with van der Waals surface area (Å²) in [6, 6.07) is 0. The molecule has 0 spiro atoms. The molecule has 0 N–H and O–H groups in total. The maximum absolute atomic E-state index is 4.81. The Morgan fingerprint density at radius 3 is 2.44 bits per heavy atom. The molecule has 1 fully saturated rings. The molecule has 1 saturated carbocycles. The Kier molecular flexibility index (Phi) is 1.52. The summed E-state index contributed by atoms with van der Waals surface area (Å²) in [4.78, 5) is 0. The highest BCUT2D eigenvalue weighted by Gasteiger charge is 2.43. The molecule has 0 saturated heterocycles. The molecule has 1 aliphatic rings. The summed E-state index contributed by atoms with van der Waals surface area (Å²) in [6.07, 6.45) is 5.23. The van der Waals surface area contributed by atoms with Crippen LogP contribution in [0.3, 0.4) is 0 Å². The first-order chi connectivity index (χ1) is 4.17. The molecule has 0 aromatic heterocycles. The van der Waals surface area contributed by atoms with E-state index >= 15 is 0 Å². The number of methoxy groups -OCH3 is 1. The van der Waals surface area contributed by atoms with Crippen molar-refractivity contribution in [2.24, 2.45) is 11.3 Å². The fraction of sp³-hybridized carbons (Fsp3) is 0.750. The highest BCUT2D eigenvalue weighted by atomic mass is 16.5. The summed E-state index contributed by atoms with van der Waals surface area (Å²) in [5.41, 5.74) is 0.551. The predicted octanol–water partition coefficient (Wildman–Crippen LogP) is 2.19. The van der Waals surface area contributed by atoms with Crippen molar-refractivity contribution in [1.29, 1.82) is 0 Å². The smallest absolute Gasteiger partial charge is 0.0787 e. The predicted molar refractivity (Wildman–Crippen MR) is 38.0 cm³/mol. The quantitative estimate of drug-likeness (QED) is 0.515. The molecule has 1 atom stereocenters. The third-order valence-corrected chi connectivity index (χ3v) is 2.04. The third-order valence-electron chi connectivity index (χ3n) is 2.04. The van der Waals surface area contributed by atoms with Crippen LogP contribution in [0.5, 0.6) is 0 Å². The number of hydrogen-bond acceptors (Lipinski definition) is 1. The van der Waals surface area contributed by atoms with Crippen LogP contribution in [0.25, 0.3) is 0 Å². The van der Waals surface area contributed by atoms with E-state index < -0.39 is 0 Å². The maximum Gasteiger partial charge on any atom is 0.0787 e. The average Bonchev–Trinajstić information content (AvgIpc) is 2.35. The van der Waals surface area contributed by atoms with Crippen molar-refractivity contribution < 1.29 is 4.74 Å². The summed E-state index contributed by atoms with van der Waals surface area (Å²) < 4.78 is 4.81. The monoisotopic (exact) mass is 126 g/mol. The van der Waals surface area contributed by atoms with Gasteiger partial charge in [-0.05, 0) is 23.8 Å². The number of ether oxygens (including phenoxy) is 1. The van der Waals surface area contributed by atoms with E-state index in [1.54, 1.807) is 13.4 Å². The maximum atomic E-state index is 4.81. The molecule has 0 bridgehead atoms. The molecule has 1 rings (SSSR count). The van der Waals surface area contributed by atoms with E-state index in [0.29, 0.717) is 5.41 Å². The Morgan fingerprint density at radius 1 is 1.56 bits per heavy atom. The van der Waals surface area contributed by atoms with Crippen LogP contribution in [0.1, 0.15) is 20.3 Å². The molecule has 1 aliphatic carbocycles. The normalized spacial score (nSPS) is 30.8. The first-order valence-corrected chi connectivity index (χ1v) is 3.36. The molecule has 52 valence electrons. The fourth-order valence-electron chi connectivity index (χ4n) is 1.01. The Morgan fingerprint density at radius 2 is 2.11 bits per heavy atom. The Labute approximate surface area is 56.7 Å². The van der Waals surface area contributed by atoms with Gasteiger partial charge in [-0.3, -0.25) is 0 Å². The van der Waals surface area contributed by atoms with Gasteiger partial charge in [0.15, 0.2) is 0 Å². The first-order valence-electron chi connectivity index (χ1n) is 3.36. The SMILES string of the molecule is COC=CC1CC1(C)C. The molecule has 0 aromatic carbocycles. The second-order valence-corrected chi connectivity index (χ2v) is 3.36. The van der Waals surface area contributed by atoms with Crippen molar-refractivity contribution in [2.45, 2.75) is 20.3 Å². The minimum absolute atomic E-state index is 0.551. The molecule has 0 amide bonds. The van der Waals surface area contributed by atoms with Crippen molar-refractivity contribution in [3.05, 3.63) is 12.3 Å². The zero-order chi connectivity index (χ0) is 6.91. The Bertz CT molecular complexity index is 125. The summed E-state index contributed by atoms with van der Waals surface area (Å²) in [6.45, 7) is 4.55. The molecule has 0 heterocycles. The molecule has 0 aliphatic heterocycles. The first kappa shape index (κ1) is 6.66. The van der Waals surface area contributed by atoms with Crippen molar-refractivity contribution >= 4 is 0 Å². The zero-order valence-corrected chi connectivity index (χ0v) is 6.35. The van der Waals surface area contributed by atoms with Crippen LogP contribution in [0.4, 0.5) is 0 Å². The molecule has 1 unspecified atom stereocenters. The van der Waals surface area contributed by atoms with Gasteiger partial charge in [0, 0.05) is 0 Å². The van der Waals surface area contributed by atoms with Crippen LogP contribution in [0, 0.1) is 11.3 Å². The second kappa shape index (κ2) is 2.05. The molecule has 0 aromatic rings. The van der Waals surface area contributed by atoms with Gasteiger partial charge in [-0.1, -0.05) is 13.8 Å². The van der Waals surface area contributed by atoms with E-state index in [2.05, 4.69) is 19.9 Å². The lowest BCUT2D eigenvalue weighted by Gasteiger charge is -1.94. The zero-order valence-electron chi connectivity index (χ0n) is 6.35. The van der Waals surface area contributed by atoms with Crippen LogP contribution < -0.4 is 0 Å². The summed E-state index contributed by atoms with van der Waals surface area (Å²) in [7, 11) is 1.69. The van der Waals surface area contributed by atoms with Gasteiger partial charge in [0.2, 0.25) is 0 Å². The summed E-state index contributed by atoms with van der Waals surface area (Å²) in [5, 5.41) is 0. The standard InChI is InChI=1S/C8H14O/c1-8(2)6-7(8)4-5-9-3/h4-5,7H,6H2,1-3H3. The van der Waals surface area contributed by atoms with Crippen LogP contribution in [0.15, 0.2) is 12.3 Å². The van der Waals surface area contributed by atoms with Crippen molar-refractivity contribution in [1.82, 2.24) is 0 Å². The van der Waals surface area contributed by atoms with E-state index in [9.17, 15) is 0 Å². The highest BCUT2D eigenvalue weighted by Crippen LogP contribution is 2.52. The largest absolute Gasteiger partial charge is 0.505 e. The molecule has 0 radical (unpaired) electrons. The molecule has 1 heteroatoms. The summed E-state index contributed by atoms with van der Waals surface area (Å²) in [5.74, 6) is 0.762. The van der Waals surface area contributed by atoms with Gasteiger partial charge in [-0.15, -0.1) is 0 Å². The molecular formula is C8H14O. The average molecular weight is 126 g/mol. The Hall–Kier alpha value is -0.460. The molecular weight excluding hydrogens is 112 g/mol. The van der Waals surface area contributed by atoms with E-state index in [-0.39, 0.29) is 0 Å². The minimum Gasteiger partial charge on any atom is -0.505 e. The van der Waals surface area contributed by atoms with E-state index in [0.717, 1.165) is 5.92 Å². The number of allylic oxidation sites excluding steroid dienone is 1. The van der Waals surface area contributed by atoms with Gasteiger partial charge in [-0.2, -0.15) is 0 Å². The van der Waals surface area contributed by atoms with E-state index in [4.69, 9.17) is 4.74 Å². The van der Waals surface area contributed by atoms with Gasteiger partial charge >= 0.3 is 0 Å². The summed E-state index contributed by atoms with van der Waals surface area (Å²) >= 11 is 0. The van der Waals surface area contributed by atoms with Gasteiger partial charge < -0.3 is 4.74 Å². The lowest BCUT2D eigenvalue weighted by molar-refractivity contribution is 0.335. The van der Waals surface area contributed by atoms with E-state index in [1.165, 1.54) is 6.42 Å². The number of hydrogen-bond donors (Lipinski definition) is 0. The van der Waals surface area contributed by atoms with Crippen LogP contribution in [-0.4, -0.2) is 7.11 Å². The van der Waals surface area contributed by atoms with Gasteiger partial charge in [0.25, 0.3) is 0 Å².